The molecule has 0 aliphatic carbocycles. The van der Waals surface area contributed by atoms with Crippen LogP contribution in [-0.4, -0.2) is 53.9 Å². The van der Waals surface area contributed by atoms with Gasteiger partial charge in [0.1, 0.15) is 0 Å². The van der Waals surface area contributed by atoms with Crippen LogP contribution in [0.5, 0.6) is 0 Å². The van der Waals surface area contributed by atoms with E-state index in [0.717, 1.165) is 0 Å². The van der Waals surface area contributed by atoms with Gasteiger partial charge in [0, 0.05) is 31.5 Å². The van der Waals surface area contributed by atoms with Crippen LogP contribution in [0.3, 0.4) is 0 Å². The fraction of sp³-hybridized carbons (Fsp3) is 0.769. The number of rotatable bonds is 5. The minimum absolute atomic E-state index is 0.0553. The smallest absolute Gasteiger partial charge is 0.332 e. The van der Waals surface area contributed by atoms with Crippen molar-refractivity contribution in [3.05, 3.63) is 0 Å². The molecule has 120 valence electrons. The Morgan fingerprint density at radius 3 is 2.43 bits per heavy atom. The van der Waals surface area contributed by atoms with Crippen molar-refractivity contribution in [2.24, 2.45) is 0 Å². The monoisotopic (exact) mass is 301 g/mol. The molecule has 1 fully saturated rings. The molecule has 1 unspecified atom stereocenters. The maximum absolute atomic E-state index is 11.7. The van der Waals surface area contributed by atoms with Gasteiger partial charge in [-0.2, -0.15) is 0 Å². The molecule has 1 aliphatic rings. The van der Waals surface area contributed by atoms with Gasteiger partial charge in [-0.05, 0) is 20.8 Å². The zero-order valence-corrected chi connectivity index (χ0v) is 12.6. The number of carboxylic acids is 1. The van der Waals surface area contributed by atoms with E-state index in [-0.39, 0.29) is 37.4 Å². The SMILES string of the molecule is CC(C)(C)NC(=O)CCNC(=O)NC1(C(=O)O)CCOC1. The van der Waals surface area contributed by atoms with Crippen LogP contribution in [0.4, 0.5) is 4.79 Å². The lowest BCUT2D eigenvalue weighted by atomic mass is 9.99. The van der Waals surface area contributed by atoms with E-state index in [2.05, 4.69) is 16.0 Å². The van der Waals surface area contributed by atoms with Gasteiger partial charge in [0.05, 0.1) is 6.61 Å². The molecule has 0 bridgehead atoms. The van der Waals surface area contributed by atoms with Gasteiger partial charge >= 0.3 is 12.0 Å². The predicted octanol–water partition coefficient (Wildman–Crippen LogP) is -0.166. The lowest BCUT2D eigenvalue weighted by Crippen LogP contribution is -2.58. The van der Waals surface area contributed by atoms with Gasteiger partial charge in [-0.1, -0.05) is 0 Å². The molecule has 1 rings (SSSR count). The Bertz CT molecular complexity index is 411. The molecule has 8 nitrogen and oxygen atoms in total. The van der Waals surface area contributed by atoms with Crippen molar-refractivity contribution in [2.75, 3.05) is 19.8 Å². The van der Waals surface area contributed by atoms with Gasteiger partial charge in [0.2, 0.25) is 5.91 Å². The second kappa shape index (κ2) is 6.75. The molecule has 0 saturated carbocycles. The fourth-order valence-corrected chi connectivity index (χ4v) is 1.92. The zero-order valence-electron chi connectivity index (χ0n) is 12.6. The third kappa shape index (κ3) is 5.58. The van der Waals surface area contributed by atoms with Crippen LogP contribution in [0.25, 0.3) is 0 Å². The lowest BCUT2D eigenvalue weighted by Gasteiger charge is -2.24. The second-order valence-electron chi connectivity index (χ2n) is 6.12. The van der Waals surface area contributed by atoms with Gasteiger partial charge < -0.3 is 25.8 Å². The minimum atomic E-state index is -1.38. The Labute approximate surface area is 123 Å². The quantitative estimate of drug-likeness (QED) is 0.563. The molecular formula is C13H23N3O5. The Balaban J connectivity index is 2.34. The van der Waals surface area contributed by atoms with E-state index in [4.69, 9.17) is 9.84 Å². The Morgan fingerprint density at radius 2 is 1.95 bits per heavy atom. The van der Waals surface area contributed by atoms with Crippen LogP contribution in [0.2, 0.25) is 0 Å². The number of nitrogens with one attached hydrogen (secondary N) is 3. The van der Waals surface area contributed by atoms with Gasteiger partial charge in [-0.15, -0.1) is 0 Å². The van der Waals surface area contributed by atoms with Gasteiger partial charge in [-0.25, -0.2) is 9.59 Å². The molecule has 3 amide bonds. The van der Waals surface area contributed by atoms with E-state index in [1.54, 1.807) is 0 Å². The van der Waals surface area contributed by atoms with Crippen molar-refractivity contribution in [1.29, 1.82) is 0 Å². The van der Waals surface area contributed by atoms with E-state index in [0.29, 0.717) is 6.61 Å². The summed E-state index contributed by atoms with van der Waals surface area (Å²) in [4.78, 5) is 34.5. The third-order valence-corrected chi connectivity index (χ3v) is 2.94. The van der Waals surface area contributed by atoms with Crippen LogP contribution in [0.15, 0.2) is 0 Å². The van der Waals surface area contributed by atoms with Crippen molar-refractivity contribution in [1.82, 2.24) is 16.0 Å². The predicted molar refractivity (Wildman–Crippen MR) is 74.8 cm³/mol. The number of ether oxygens (including phenoxy) is 1. The molecule has 1 saturated heterocycles. The second-order valence-corrected chi connectivity index (χ2v) is 6.12. The minimum Gasteiger partial charge on any atom is -0.479 e. The van der Waals surface area contributed by atoms with E-state index in [1.165, 1.54) is 0 Å². The molecule has 21 heavy (non-hydrogen) atoms. The normalized spacial score (nSPS) is 21.7. The number of carbonyl (C=O) groups excluding carboxylic acids is 2. The fourth-order valence-electron chi connectivity index (χ4n) is 1.92. The van der Waals surface area contributed by atoms with Crippen molar-refractivity contribution >= 4 is 17.9 Å². The highest BCUT2D eigenvalue weighted by molar-refractivity contribution is 5.87. The number of carboxylic acid groups (broad SMARTS) is 1. The standard InChI is InChI=1S/C13H23N3O5/c1-12(2,3)15-9(17)4-6-14-11(20)16-13(10(18)19)5-7-21-8-13/h4-8H2,1-3H3,(H,15,17)(H,18,19)(H2,14,16,20). The van der Waals surface area contributed by atoms with Gasteiger partial charge in [0.15, 0.2) is 5.54 Å². The summed E-state index contributed by atoms with van der Waals surface area (Å²) < 4.78 is 5.03. The first-order chi connectivity index (χ1) is 9.65. The van der Waals surface area contributed by atoms with E-state index >= 15 is 0 Å². The summed E-state index contributed by atoms with van der Waals surface area (Å²) in [5.41, 5.74) is -1.70. The maximum atomic E-state index is 11.7. The summed E-state index contributed by atoms with van der Waals surface area (Å²) in [6.07, 6.45) is 0.349. The number of hydrogen-bond acceptors (Lipinski definition) is 4. The van der Waals surface area contributed by atoms with Crippen LogP contribution in [-0.2, 0) is 14.3 Å². The summed E-state index contributed by atoms with van der Waals surface area (Å²) in [5, 5.41) is 16.8. The summed E-state index contributed by atoms with van der Waals surface area (Å²) in [5.74, 6) is -1.31. The Hall–Kier alpha value is -1.83. The first-order valence-corrected chi connectivity index (χ1v) is 6.83. The van der Waals surface area contributed by atoms with Crippen molar-refractivity contribution < 1.29 is 24.2 Å². The maximum Gasteiger partial charge on any atom is 0.332 e. The summed E-state index contributed by atoms with van der Waals surface area (Å²) in [6.45, 7) is 5.95. The van der Waals surface area contributed by atoms with Gasteiger partial charge in [0.25, 0.3) is 0 Å². The van der Waals surface area contributed by atoms with Crippen molar-refractivity contribution in [2.45, 2.75) is 44.7 Å². The molecule has 0 aromatic carbocycles. The topological polar surface area (TPSA) is 117 Å². The van der Waals surface area contributed by atoms with Crippen LogP contribution in [0, 0.1) is 0 Å². The summed E-state index contributed by atoms with van der Waals surface area (Å²) in [7, 11) is 0. The first-order valence-electron chi connectivity index (χ1n) is 6.83. The van der Waals surface area contributed by atoms with Crippen molar-refractivity contribution in [3.8, 4) is 0 Å². The number of amides is 3. The molecule has 1 atom stereocenters. The molecule has 8 heteroatoms. The number of aliphatic carboxylic acids is 1. The van der Waals surface area contributed by atoms with E-state index in [1.807, 2.05) is 20.8 Å². The van der Waals surface area contributed by atoms with Crippen LogP contribution >= 0.6 is 0 Å². The average molecular weight is 301 g/mol. The van der Waals surface area contributed by atoms with Crippen molar-refractivity contribution in [3.63, 3.8) is 0 Å². The summed E-state index contributed by atoms with van der Waals surface area (Å²) >= 11 is 0. The molecular weight excluding hydrogens is 278 g/mol. The first kappa shape index (κ1) is 17.2. The average Bonchev–Trinajstić information content (AvgIpc) is 2.76. The number of hydrogen-bond donors (Lipinski definition) is 4. The van der Waals surface area contributed by atoms with Crippen LogP contribution < -0.4 is 16.0 Å². The number of urea groups is 1. The van der Waals surface area contributed by atoms with Crippen LogP contribution in [0.1, 0.15) is 33.6 Å². The highest BCUT2D eigenvalue weighted by Crippen LogP contribution is 2.18. The molecule has 0 radical (unpaired) electrons. The summed E-state index contributed by atoms with van der Waals surface area (Å²) in [6, 6.07) is -0.619. The number of carbonyl (C=O) groups is 3. The highest BCUT2D eigenvalue weighted by atomic mass is 16.5. The molecule has 1 heterocycles. The molecule has 0 aromatic rings. The molecule has 1 aliphatic heterocycles. The third-order valence-electron chi connectivity index (χ3n) is 2.94. The molecule has 0 aromatic heterocycles. The highest BCUT2D eigenvalue weighted by Gasteiger charge is 2.43. The largest absolute Gasteiger partial charge is 0.479 e. The van der Waals surface area contributed by atoms with E-state index in [9.17, 15) is 14.4 Å². The lowest BCUT2D eigenvalue weighted by molar-refractivity contribution is -0.144. The Morgan fingerprint density at radius 1 is 1.29 bits per heavy atom. The van der Waals surface area contributed by atoms with E-state index < -0.39 is 17.5 Å². The Kier molecular flexibility index (Phi) is 5.54. The molecule has 0 spiro atoms. The molecule has 4 N–H and O–H groups in total. The zero-order chi connectivity index (χ0) is 16.1. The van der Waals surface area contributed by atoms with Gasteiger partial charge in [-0.3, -0.25) is 4.79 Å².